The van der Waals surface area contributed by atoms with Gasteiger partial charge in [-0.05, 0) is 46.1 Å². The zero-order valence-corrected chi connectivity index (χ0v) is 13.1. The highest BCUT2D eigenvalue weighted by atomic mass is 79.9. The lowest BCUT2D eigenvalue weighted by atomic mass is 10.2. The van der Waals surface area contributed by atoms with E-state index in [2.05, 4.69) is 74.4 Å². The lowest BCUT2D eigenvalue weighted by molar-refractivity contribution is 0.955. The van der Waals surface area contributed by atoms with Crippen molar-refractivity contribution in [3.63, 3.8) is 0 Å². The first-order chi connectivity index (χ1) is 9.65. The van der Waals surface area contributed by atoms with E-state index in [9.17, 15) is 0 Å². The van der Waals surface area contributed by atoms with Crippen LogP contribution in [0.25, 0.3) is 10.9 Å². The van der Waals surface area contributed by atoms with Crippen molar-refractivity contribution in [2.24, 2.45) is 7.05 Å². The third kappa shape index (κ3) is 2.43. The number of nitrogens with zero attached hydrogens (tertiary/aromatic N) is 2. The van der Waals surface area contributed by atoms with E-state index in [1.165, 1.54) is 16.5 Å². The van der Waals surface area contributed by atoms with Gasteiger partial charge in [-0.25, -0.2) is 4.98 Å². The number of nitrogens with one attached hydrogen (secondary N) is 1. The van der Waals surface area contributed by atoms with Crippen LogP contribution in [0.1, 0.15) is 11.1 Å². The molecule has 1 aromatic carbocycles. The van der Waals surface area contributed by atoms with E-state index in [1.54, 1.807) is 0 Å². The molecule has 2 heterocycles. The number of aromatic nitrogens is 2. The molecule has 0 spiro atoms. The molecule has 3 rings (SSSR count). The number of rotatable bonds is 3. The molecule has 4 heteroatoms. The zero-order valence-electron chi connectivity index (χ0n) is 11.5. The van der Waals surface area contributed by atoms with Crippen LogP contribution in [0.15, 0.2) is 47.3 Å². The first-order valence-corrected chi connectivity index (χ1v) is 7.33. The Morgan fingerprint density at radius 1 is 1.30 bits per heavy atom. The summed E-state index contributed by atoms with van der Waals surface area (Å²) < 4.78 is 3.06. The van der Waals surface area contributed by atoms with Crippen molar-refractivity contribution in [3.8, 4) is 0 Å². The Hall–Kier alpha value is -1.81. The molecule has 3 nitrogen and oxygen atoms in total. The Balaban J connectivity index is 1.85. The fourth-order valence-electron chi connectivity index (χ4n) is 2.42. The minimum atomic E-state index is 0.796. The standard InChI is InChI=1S/C16H16BrN3/c1-11-7-13(9-19-16(11)17)18-8-12-10-20(2)15-6-4-3-5-14(12)15/h3-7,9-10,18H,8H2,1-2H3. The van der Waals surface area contributed by atoms with E-state index in [0.29, 0.717) is 0 Å². The van der Waals surface area contributed by atoms with Gasteiger partial charge in [0.25, 0.3) is 0 Å². The second kappa shape index (κ2) is 5.29. The molecule has 102 valence electrons. The molecule has 0 bridgehead atoms. The van der Waals surface area contributed by atoms with E-state index in [1.807, 2.05) is 13.1 Å². The Kier molecular flexibility index (Phi) is 3.49. The van der Waals surface area contributed by atoms with Crippen LogP contribution in [-0.2, 0) is 13.6 Å². The molecule has 0 radical (unpaired) electrons. The summed E-state index contributed by atoms with van der Waals surface area (Å²) in [5.41, 5.74) is 4.73. The summed E-state index contributed by atoms with van der Waals surface area (Å²) in [4.78, 5) is 4.31. The second-order valence-electron chi connectivity index (χ2n) is 4.97. The van der Waals surface area contributed by atoms with Crippen molar-refractivity contribution < 1.29 is 0 Å². The maximum Gasteiger partial charge on any atom is 0.109 e. The Bertz CT molecular complexity index is 762. The highest BCUT2D eigenvalue weighted by Gasteiger charge is 2.06. The largest absolute Gasteiger partial charge is 0.380 e. The summed E-state index contributed by atoms with van der Waals surface area (Å²) in [6.07, 6.45) is 4.03. The quantitative estimate of drug-likeness (QED) is 0.728. The molecule has 0 fully saturated rings. The molecule has 1 N–H and O–H groups in total. The summed E-state index contributed by atoms with van der Waals surface area (Å²) >= 11 is 3.42. The number of anilines is 1. The van der Waals surface area contributed by atoms with E-state index in [-0.39, 0.29) is 0 Å². The van der Waals surface area contributed by atoms with Gasteiger partial charge < -0.3 is 9.88 Å². The number of benzene rings is 1. The number of halogens is 1. The predicted octanol–water partition coefficient (Wildman–Crippen LogP) is 4.26. The van der Waals surface area contributed by atoms with Crippen molar-refractivity contribution in [3.05, 3.63) is 58.5 Å². The summed E-state index contributed by atoms with van der Waals surface area (Å²) in [6.45, 7) is 2.84. The maximum absolute atomic E-state index is 4.31. The summed E-state index contributed by atoms with van der Waals surface area (Å²) in [6, 6.07) is 10.6. The van der Waals surface area contributed by atoms with Gasteiger partial charge in [0.05, 0.1) is 11.9 Å². The van der Waals surface area contributed by atoms with E-state index >= 15 is 0 Å². The molecule has 0 aliphatic rings. The van der Waals surface area contributed by atoms with Crippen LogP contribution < -0.4 is 5.32 Å². The fourth-order valence-corrected chi connectivity index (χ4v) is 2.64. The van der Waals surface area contributed by atoms with Gasteiger partial charge >= 0.3 is 0 Å². The third-order valence-corrected chi connectivity index (χ3v) is 4.31. The Morgan fingerprint density at radius 3 is 2.90 bits per heavy atom. The molecule has 0 atom stereocenters. The molecule has 0 amide bonds. The van der Waals surface area contributed by atoms with Crippen LogP contribution >= 0.6 is 15.9 Å². The molecule has 2 aromatic heterocycles. The number of hydrogen-bond acceptors (Lipinski definition) is 2. The highest BCUT2D eigenvalue weighted by molar-refractivity contribution is 9.10. The molecule has 0 saturated heterocycles. The number of fused-ring (bicyclic) bond motifs is 1. The number of pyridine rings is 1. The van der Waals surface area contributed by atoms with E-state index in [0.717, 1.165) is 22.4 Å². The lowest BCUT2D eigenvalue weighted by Crippen LogP contribution is -2.00. The summed E-state index contributed by atoms with van der Waals surface area (Å²) in [5, 5.41) is 4.73. The van der Waals surface area contributed by atoms with Crippen molar-refractivity contribution >= 4 is 32.5 Å². The van der Waals surface area contributed by atoms with Crippen molar-refractivity contribution in [1.82, 2.24) is 9.55 Å². The van der Waals surface area contributed by atoms with Crippen LogP contribution in [0.2, 0.25) is 0 Å². The number of para-hydroxylation sites is 1. The first kappa shape index (κ1) is 13.2. The molecule has 0 aliphatic heterocycles. The van der Waals surface area contributed by atoms with Gasteiger partial charge in [-0.3, -0.25) is 0 Å². The Morgan fingerprint density at radius 2 is 2.10 bits per heavy atom. The van der Waals surface area contributed by atoms with Crippen molar-refractivity contribution in [1.29, 1.82) is 0 Å². The normalized spacial score (nSPS) is 10.9. The second-order valence-corrected chi connectivity index (χ2v) is 5.72. The zero-order chi connectivity index (χ0) is 14.1. The monoisotopic (exact) mass is 329 g/mol. The molecular formula is C16H16BrN3. The fraction of sp³-hybridized carbons (Fsp3) is 0.188. The molecular weight excluding hydrogens is 314 g/mol. The molecule has 3 aromatic rings. The third-order valence-electron chi connectivity index (χ3n) is 3.48. The molecule has 0 saturated carbocycles. The summed E-state index contributed by atoms with van der Waals surface area (Å²) in [5.74, 6) is 0. The van der Waals surface area contributed by atoms with Gasteiger partial charge in [-0.1, -0.05) is 18.2 Å². The van der Waals surface area contributed by atoms with E-state index < -0.39 is 0 Å². The molecule has 0 unspecified atom stereocenters. The first-order valence-electron chi connectivity index (χ1n) is 6.54. The van der Waals surface area contributed by atoms with Gasteiger partial charge in [0.15, 0.2) is 0 Å². The van der Waals surface area contributed by atoms with Crippen LogP contribution in [0.4, 0.5) is 5.69 Å². The molecule has 0 aliphatic carbocycles. The lowest BCUT2D eigenvalue weighted by Gasteiger charge is -2.07. The topological polar surface area (TPSA) is 29.9 Å². The van der Waals surface area contributed by atoms with Gasteiger partial charge in [0, 0.05) is 30.7 Å². The smallest absolute Gasteiger partial charge is 0.109 e. The van der Waals surface area contributed by atoms with Crippen molar-refractivity contribution in [2.75, 3.05) is 5.32 Å². The van der Waals surface area contributed by atoms with Crippen LogP contribution in [0, 0.1) is 6.92 Å². The van der Waals surface area contributed by atoms with E-state index in [4.69, 9.17) is 0 Å². The number of aryl methyl sites for hydroxylation is 2. The average Bonchev–Trinajstić information content (AvgIpc) is 2.78. The van der Waals surface area contributed by atoms with Crippen LogP contribution in [0.5, 0.6) is 0 Å². The van der Waals surface area contributed by atoms with Gasteiger partial charge in [-0.2, -0.15) is 0 Å². The van der Waals surface area contributed by atoms with Crippen molar-refractivity contribution in [2.45, 2.75) is 13.5 Å². The predicted molar refractivity (Wildman–Crippen MR) is 86.9 cm³/mol. The summed E-state index contributed by atoms with van der Waals surface area (Å²) in [7, 11) is 2.08. The minimum Gasteiger partial charge on any atom is -0.380 e. The van der Waals surface area contributed by atoms with Gasteiger partial charge in [0.1, 0.15) is 4.60 Å². The molecule has 20 heavy (non-hydrogen) atoms. The van der Waals surface area contributed by atoms with Gasteiger partial charge in [-0.15, -0.1) is 0 Å². The maximum atomic E-state index is 4.31. The SMILES string of the molecule is Cc1cc(NCc2cn(C)c3ccccc23)cnc1Br. The minimum absolute atomic E-state index is 0.796. The highest BCUT2D eigenvalue weighted by Crippen LogP contribution is 2.22. The van der Waals surface area contributed by atoms with Gasteiger partial charge in [0.2, 0.25) is 0 Å². The Labute approximate surface area is 126 Å². The van der Waals surface area contributed by atoms with Crippen LogP contribution in [0.3, 0.4) is 0 Å². The average molecular weight is 330 g/mol. The van der Waals surface area contributed by atoms with Crippen LogP contribution in [-0.4, -0.2) is 9.55 Å². The number of hydrogen-bond donors (Lipinski definition) is 1.